The molecule has 0 spiro atoms. The Labute approximate surface area is 270 Å². The Bertz CT molecular complexity index is 1990. The van der Waals surface area contributed by atoms with E-state index < -0.39 is 29.4 Å². The molecule has 3 atom stereocenters. The standard InChI is InChI=1S/C36H28F2N8O/c1-2-19-46-36(29-11-15-31(38)16-12-29,42-24-45(46)32-17-5-26(22-40)6-18-32)35-41-23-44(43-35)33(27-7-3-25(21-39)4-8-27)20-34(47)28-9-13-30(37)14-10-28/h2-19,23-24,33-34,47H,20H2,1H3. The van der Waals surface area contributed by atoms with E-state index in [2.05, 4.69) is 12.1 Å². The molecule has 232 valence electrons. The van der Waals surface area contributed by atoms with Crippen molar-refractivity contribution in [2.24, 2.45) is 4.99 Å². The quantitative estimate of drug-likeness (QED) is 0.198. The molecule has 0 amide bonds. The van der Waals surface area contributed by atoms with Gasteiger partial charge in [0.05, 0.1) is 41.1 Å². The summed E-state index contributed by atoms with van der Waals surface area (Å²) in [5.41, 5.74) is 2.21. The molecule has 0 bridgehead atoms. The second-order valence-corrected chi connectivity index (χ2v) is 10.9. The molecule has 9 nitrogen and oxygen atoms in total. The SMILES string of the molecule is CC=CN1N(c2ccc(C#N)cc2)C=NC1(c1ccc(F)cc1)c1ncn(C(CC(O)c2ccc(F)cc2)c2ccc(C#N)cc2)n1. The molecular weight excluding hydrogens is 598 g/mol. The zero-order valence-electron chi connectivity index (χ0n) is 25.2. The van der Waals surface area contributed by atoms with Crippen molar-refractivity contribution in [1.29, 1.82) is 10.5 Å². The minimum Gasteiger partial charge on any atom is -0.388 e. The molecule has 2 heterocycles. The summed E-state index contributed by atoms with van der Waals surface area (Å²) in [7, 11) is 0. The fraction of sp³-hybridized carbons (Fsp3) is 0.139. The topological polar surface area (TPSA) is 117 Å². The second-order valence-electron chi connectivity index (χ2n) is 10.9. The lowest BCUT2D eigenvalue weighted by Crippen LogP contribution is -2.47. The lowest BCUT2D eigenvalue weighted by molar-refractivity contribution is 0.149. The molecule has 5 aromatic rings. The predicted octanol–water partition coefficient (Wildman–Crippen LogP) is 6.51. The monoisotopic (exact) mass is 626 g/mol. The summed E-state index contributed by atoms with van der Waals surface area (Å²) in [6, 6.07) is 29.3. The summed E-state index contributed by atoms with van der Waals surface area (Å²) in [5, 5.41) is 38.5. The Balaban J connectivity index is 1.46. The van der Waals surface area contributed by atoms with Gasteiger partial charge in [-0.2, -0.15) is 15.6 Å². The van der Waals surface area contributed by atoms with Crippen LogP contribution in [0.2, 0.25) is 0 Å². The van der Waals surface area contributed by atoms with E-state index in [1.807, 2.05) is 24.2 Å². The molecule has 1 aromatic heterocycles. The average Bonchev–Trinajstić information content (AvgIpc) is 3.74. The second kappa shape index (κ2) is 13.1. The van der Waals surface area contributed by atoms with Crippen LogP contribution in [-0.2, 0) is 5.66 Å². The van der Waals surface area contributed by atoms with Gasteiger partial charge < -0.3 is 5.11 Å². The van der Waals surface area contributed by atoms with E-state index >= 15 is 0 Å². The maximum absolute atomic E-state index is 14.2. The number of aliphatic imine (C=N–C) groups is 1. The van der Waals surface area contributed by atoms with Crippen molar-refractivity contribution in [3.8, 4) is 12.1 Å². The van der Waals surface area contributed by atoms with Crippen molar-refractivity contribution in [2.45, 2.75) is 31.2 Å². The molecule has 1 aliphatic heterocycles. The molecular formula is C36H28F2N8O. The molecule has 47 heavy (non-hydrogen) atoms. The maximum Gasteiger partial charge on any atom is 0.239 e. The third-order valence-electron chi connectivity index (χ3n) is 7.98. The Hall–Kier alpha value is -6.17. The van der Waals surface area contributed by atoms with Gasteiger partial charge in [0.1, 0.15) is 24.3 Å². The van der Waals surface area contributed by atoms with Crippen molar-refractivity contribution in [2.75, 3.05) is 5.01 Å². The van der Waals surface area contributed by atoms with Crippen molar-refractivity contribution in [1.82, 2.24) is 19.8 Å². The highest BCUT2D eigenvalue weighted by atomic mass is 19.1. The lowest BCUT2D eigenvalue weighted by Gasteiger charge is -2.38. The van der Waals surface area contributed by atoms with Crippen LogP contribution in [0.1, 0.15) is 59.1 Å². The van der Waals surface area contributed by atoms with Gasteiger partial charge in [-0.3, -0.25) is 0 Å². The highest BCUT2D eigenvalue weighted by Gasteiger charge is 2.49. The van der Waals surface area contributed by atoms with Crippen molar-refractivity contribution in [3.05, 3.63) is 161 Å². The highest BCUT2D eigenvalue weighted by molar-refractivity contribution is 5.81. The van der Waals surface area contributed by atoms with Gasteiger partial charge in [-0.15, -0.1) is 0 Å². The van der Waals surface area contributed by atoms with Crippen LogP contribution in [0.4, 0.5) is 14.5 Å². The predicted molar refractivity (Wildman–Crippen MR) is 171 cm³/mol. The number of halogens is 2. The van der Waals surface area contributed by atoms with Crippen LogP contribution in [0.3, 0.4) is 0 Å². The molecule has 0 aliphatic carbocycles. The number of anilines is 1. The summed E-state index contributed by atoms with van der Waals surface area (Å²) in [6.45, 7) is 1.86. The van der Waals surface area contributed by atoms with Gasteiger partial charge in [-0.1, -0.05) is 42.5 Å². The zero-order valence-corrected chi connectivity index (χ0v) is 25.2. The summed E-state index contributed by atoms with van der Waals surface area (Å²) in [4.78, 5) is 9.70. The van der Waals surface area contributed by atoms with Crippen LogP contribution in [0.25, 0.3) is 0 Å². The molecule has 0 saturated heterocycles. The van der Waals surface area contributed by atoms with Crippen LogP contribution in [0.15, 0.2) is 121 Å². The smallest absolute Gasteiger partial charge is 0.239 e. The van der Waals surface area contributed by atoms with E-state index in [9.17, 15) is 24.4 Å². The number of hydrogen-bond donors (Lipinski definition) is 1. The third kappa shape index (κ3) is 5.96. The average molecular weight is 627 g/mol. The number of aromatic nitrogens is 3. The number of hydrazine groups is 1. The zero-order chi connectivity index (χ0) is 33.0. The summed E-state index contributed by atoms with van der Waals surface area (Å²) in [5.74, 6) is -0.555. The van der Waals surface area contributed by atoms with Crippen LogP contribution in [0, 0.1) is 34.3 Å². The Kier molecular flexibility index (Phi) is 8.56. The number of nitrogens with zero attached hydrogens (tertiary/aromatic N) is 8. The lowest BCUT2D eigenvalue weighted by atomic mass is 9.96. The van der Waals surface area contributed by atoms with E-state index in [-0.39, 0.29) is 12.2 Å². The van der Waals surface area contributed by atoms with Gasteiger partial charge in [0, 0.05) is 18.2 Å². The summed E-state index contributed by atoms with van der Waals surface area (Å²) < 4.78 is 29.5. The first-order valence-electron chi connectivity index (χ1n) is 14.7. The fourth-order valence-corrected chi connectivity index (χ4v) is 5.58. The molecule has 3 unspecified atom stereocenters. The van der Waals surface area contributed by atoms with Gasteiger partial charge in [0.15, 0.2) is 0 Å². The normalized spacial score (nSPS) is 17.1. The molecule has 11 heteroatoms. The van der Waals surface area contributed by atoms with Gasteiger partial charge >= 0.3 is 0 Å². The first kappa shape index (κ1) is 30.8. The minimum atomic E-state index is -1.37. The van der Waals surface area contributed by atoms with Gasteiger partial charge in [0.2, 0.25) is 11.5 Å². The largest absolute Gasteiger partial charge is 0.388 e. The van der Waals surface area contributed by atoms with E-state index in [4.69, 9.17) is 15.1 Å². The maximum atomic E-state index is 14.2. The van der Waals surface area contributed by atoms with Crippen molar-refractivity contribution in [3.63, 3.8) is 0 Å². The first-order valence-corrected chi connectivity index (χ1v) is 14.7. The Morgan fingerprint density at radius 3 is 2.00 bits per heavy atom. The van der Waals surface area contributed by atoms with Gasteiger partial charge in [-0.05, 0) is 78.7 Å². The van der Waals surface area contributed by atoms with E-state index in [1.54, 1.807) is 83.0 Å². The molecule has 6 rings (SSSR count). The fourth-order valence-electron chi connectivity index (χ4n) is 5.58. The van der Waals surface area contributed by atoms with Crippen LogP contribution in [0.5, 0.6) is 0 Å². The van der Waals surface area contributed by atoms with Crippen LogP contribution < -0.4 is 5.01 Å². The molecule has 4 aromatic carbocycles. The highest BCUT2D eigenvalue weighted by Crippen LogP contribution is 2.42. The van der Waals surface area contributed by atoms with Crippen LogP contribution in [-0.4, -0.2) is 31.2 Å². The molecule has 0 fully saturated rings. The number of benzene rings is 4. The molecule has 0 saturated carbocycles. The number of aliphatic hydroxyl groups excluding tert-OH is 1. The van der Waals surface area contributed by atoms with E-state index in [0.29, 0.717) is 27.9 Å². The summed E-state index contributed by atoms with van der Waals surface area (Å²) in [6.07, 6.45) is 6.00. The molecule has 1 aliphatic rings. The Morgan fingerprint density at radius 1 is 0.830 bits per heavy atom. The van der Waals surface area contributed by atoms with Crippen LogP contribution >= 0.6 is 0 Å². The number of rotatable bonds is 9. The number of hydrogen-bond acceptors (Lipinski definition) is 8. The number of nitriles is 2. The van der Waals surface area contributed by atoms with Crippen molar-refractivity contribution < 1.29 is 13.9 Å². The van der Waals surface area contributed by atoms with E-state index in [0.717, 1.165) is 5.56 Å². The van der Waals surface area contributed by atoms with Gasteiger partial charge in [-0.25, -0.2) is 33.5 Å². The number of allylic oxidation sites excluding steroid dienone is 1. The minimum absolute atomic E-state index is 0.156. The third-order valence-corrected chi connectivity index (χ3v) is 7.98. The van der Waals surface area contributed by atoms with E-state index in [1.165, 1.54) is 36.4 Å². The molecule has 0 radical (unpaired) electrons. The molecule has 1 N–H and O–H groups in total. The Morgan fingerprint density at radius 2 is 1.40 bits per heavy atom. The number of aliphatic hydroxyl groups is 1. The summed E-state index contributed by atoms with van der Waals surface area (Å²) >= 11 is 0. The first-order chi connectivity index (χ1) is 22.9. The van der Waals surface area contributed by atoms with Gasteiger partial charge in [0.25, 0.3) is 0 Å². The van der Waals surface area contributed by atoms with Crippen molar-refractivity contribution >= 4 is 12.0 Å².